The van der Waals surface area contributed by atoms with E-state index in [1.807, 2.05) is 13.1 Å². The minimum Gasteiger partial charge on any atom is -0.342 e. The maximum atomic E-state index is 10.5. The highest BCUT2D eigenvalue weighted by atomic mass is 32.2. The van der Waals surface area contributed by atoms with E-state index in [9.17, 15) is 8.42 Å². The number of aryl methyl sites for hydroxylation is 1. The third kappa shape index (κ3) is 3.89. The fourth-order valence-electron chi connectivity index (χ4n) is 2.86. The van der Waals surface area contributed by atoms with E-state index in [2.05, 4.69) is 20.6 Å². The smallest absolute Gasteiger partial charge is 0.294 e. The second kappa shape index (κ2) is 6.56. The number of thiazole rings is 1. The molecule has 2 saturated heterocycles. The molecule has 2 aromatic rings. The minimum absolute atomic E-state index is 0.0666. The van der Waals surface area contributed by atoms with E-state index in [-0.39, 0.29) is 4.90 Å². The van der Waals surface area contributed by atoms with Gasteiger partial charge in [0.15, 0.2) is 5.13 Å². The maximum absolute atomic E-state index is 10.5. The number of anilines is 1. The van der Waals surface area contributed by atoms with Crippen molar-refractivity contribution in [2.75, 3.05) is 18.0 Å². The van der Waals surface area contributed by atoms with Crippen molar-refractivity contribution in [3.63, 3.8) is 0 Å². The first-order chi connectivity index (χ1) is 10.9. The normalized spacial score (nSPS) is 22.8. The molecule has 8 heteroatoms. The Morgan fingerprint density at radius 3 is 2.57 bits per heavy atom. The average Bonchev–Trinajstić information content (AvgIpc) is 3.25. The van der Waals surface area contributed by atoms with E-state index in [0.29, 0.717) is 6.04 Å². The highest BCUT2D eigenvalue weighted by Gasteiger charge is 2.38. The standard InChI is InChI=1S/C8H11N3S.C7H8O3S/c1-2-12-8(9-1)11-5-6-3-7(11)4-10-6;1-6-2-4-7(5-3-6)11(8,9)10/h1-2,6-7,10H,3-5H2;2-5H,1H3,(H,8,9,10)/t6-,7-;/m0./s1. The van der Waals surface area contributed by atoms with Crippen LogP contribution in [0.4, 0.5) is 5.13 Å². The summed E-state index contributed by atoms with van der Waals surface area (Å²) < 4.78 is 29.6. The molecule has 2 bridgehead atoms. The van der Waals surface area contributed by atoms with Gasteiger partial charge in [-0.25, -0.2) is 4.98 Å². The van der Waals surface area contributed by atoms with E-state index in [1.165, 1.54) is 23.7 Å². The lowest BCUT2D eigenvalue weighted by atomic mass is 10.2. The third-order valence-electron chi connectivity index (χ3n) is 4.04. The molecule has 3 heterocycles. The first-order valence-electron chi connectivity index (χ1n) is 7.37. The van der Waals surface area contributed by atoms with Gasteiger partial charge in [-0.15, -0.1) is 11.3 Å². The quantitative estimate of drug-likeness (QED) is 0.803. The monoisotopic (exact) mass is 353 g/mol. The number of aromatic nitrogens is 1. The van der Waals surface area contributed by atoms with Crippen LogP contribution in [-0.2, 0) is 10.1 Å². The number of hydrogen-bond donors (Lipinski definition) is 2. The molecule has 2 N–H and O–H groups in total. The van der Waals surface area contributed by atoms with Crippen LogP contribution in [0.3, 0.4) is 0 Å². The highest BCUT2D eigenvalue weighted by Crippen LogP contribution is 2.30. The van der Waals surface area contributed by atoms with Crippen molar-refractivity contribution in [1.82, 2.24) is 10.3 Å². The fourth-order valence-corrected chi connectivity index (χ4v) is 4.07. The molecule has 2 atom stereocenters. The molecule has 0 radical (unpaired) electrons. The van der Waals surface area contributed by atoms with Crippen molar-refractivity contribution in [3.05, 3.63) is 41.4 Å². The molecule has 2 fully saturated rings. The van der Waals surface area contributed by atoms with Crippen LogP contribution in [0, 0.1) is 6.92 Å². The second-order valence-corrected chi connectivity index (χ2v) is 8.04. The lowest BCUT2D eigenvalue weighted by molar-refractivity contribution is 0.483. The predicted molar refractivity (Wildman–Crippen MR) is 90.6 cm³/mol. The number of hydrogen-bond acceptors (Lipinski definition) is 6. The zero-order valence-corrected chi connectivity index (χ0v) is 14.3. The Morgan fingerprint density at radius 1 is 1.35 bits per heavy atom. The summed E-state index contributed by atoms with van der Waals surface area (Å²) in [5.74, 6) is 0. The van der Waals surface area contributed by atoms with Gasteiger partial charge in [-0.05, 0) is 25.5 Å². The Morgan fingerprint density at radius 2 is 2.09 bits per heavy atom. The molecular formula is C15H19N3O3S2. The van der Waals surface area contributed by atoms with Gasteiger partial charge in [0.25, 0.3) is 10.1 Å². The zero-order valence-electron chi connectivity index (χ0n) is 12.7. The van der Waals surface area contributed by atoms with E-state index < -0.39 is 10.1 Å². The second-order valence-electron chi connectivity index (χ2n) is 5.75. The first kappa shape index (κ1) is 16.4. The molecule has 0 saturated carbocycles. The lowest BCUT2D eigenvalue weighted by Crippen LogP contribution is -2.43. The van der Waals surface area contributed by atoms with Crippen molar-refractivity contribution < 1.29 is 13.0 Å². The highest BCUT2D eigenvalue weighted by molar-refractivity contribution is 7.85. The molecule has 0 unspecified atom stereocenters. The summed E-state index contributed by atoms with van der Waals surface area (Å²) in [5.41, 5.74) is 0.956. The third-order valence-corrected chi connectivity index (χ3v) is 5.72. The zero-order chi connectivity index (χ0) is 16.4. The van der Waals surface area contributed by atoms with Crippen LogP contribution in [0.25, 0.3) is 0 Å². The van der Waals surface area contributed by atoms with E-state index in [1.54, 1.807) is 23.5 Å². The van der Waals surface area contributed by atoms with Crippen molar-refractivity contribution in [2.45, 2.75) is 30.3 Å². The van der Waals surface area contributed by atoms with Gasteiger partial charge in [-0.2, -0.15) is 8.42 Å². The summed E-state index contributed by atoms with van der Waals surface area (Å²) >= 11 is 1.75. The van der Waals surface area contributed by atoms with Crippen LogP contribution < -0.4 is 10.2 Å². The van der Waals surface area contributed by atoms with Gasteiger partial charge >= 0.3 is 0 Å². The fraction of sp³-hybridized carbons (Fsp3) is 0.400. The number of nitrogens with one attached hydrogen (secondary N) is 1. The Bertz CT molecular complexity index is 745. The number of benzene rings is 1. The van der Waals surface area contributed by atoms with Gasteiger partial charge < -0.3 is 10.2 Å². The van der Waals surface area contributed by atoms with E-state index in [4.69, 9.17) is 4.55 Å². The van der Waals surface area contributed by atoms with E-state index >= 15 is 0 Å². The molecule has 23 heavy (non-hydrogen) atoms. The van der Waals surface area contributed by atoms with Gasteiger partial charge in [-0.1, -0.05) is 17.7 Å². The number of fused-ring (bicyclic) bond motifs is 2. The number of piperazine rings is 1. The number of nitrogens with zero attached hydrogens (tertiary/aromatic N) is 2. The van der Waals surface area contributed by atoms with Gasteiger partial charge in [0.2, 0.25) is 0 Å². The molecule has 0 aliphatic carbocycles. The van der Waals surface area contributed by atoms with Crippen molar-refractivity contribution in [2.24, 2.45) is 0 Å². The van der Waals surface area contributed by atoms with Crippen LogP contribution in [-0.4, -0.2) is 43.1 Å². The summed E-state index contributed by atoms with van der Waals surface area (Å²) in [6, 6.07) is 7.42. The van der Waals surface area contributed by atoms with Crippen molar-refractivity contribution in [3.8, 4) is 0 Å². The molecule has 0 amide bonds. The Labute approximate surface area is 139 Å². The summed E-state index contributed by atoms with van der Waals surface area (Å²) in [6.45, 7) is 4.14. The molecule has 6 nitrogen and oxygen atoms in total. The SMILES string of the molecule is Cc1ccc(S(=O)(=O)O)cc1.c1csc(N2C[C@@H]3C[C@H]2CN3)n1. The van der Waals surface area contributed by atoms with Gasteiger partial charge in [0.05, 0.1) is 4.90 Å². The Kier molecular flexibility index (Phi) is 4.67. The van der Waals surface area contributed by atoms with Gasteiger partial charge in [0, 0.05) is 36.8 Å². The Balaban J connectivity index is 0.000000137. The van der Waals surface area contributed by atoms with Gasteiger partial charge in [0.1, 0.15) is 0 Å². The molecule has 4 rings (SSSR count). The van der Waals surface area contributed by atoms with Gasteiger partial charge in [-0.3, -0.25) is 4.55 Å². The molecule has 0 spiro atoms. The molecule has 2 aliphatic rings. The molecule has 1 aromatic carbocycles. The number of rotatable bonds is 2. The van der Waals surface area contributed by atoms with E-state index in [0.717, 1.165) is 24.7 Å². The minimum atomic E-state index is -4.02. The van der Waals surface area contributed by atoms with Crippen LogP contribution in [0.1, 0.15) is 12.0 Å². The summed E-state index contributed by atoms with van der Waals surface area (Å²) in [6.07, 6.45) is 3.19. The summed E-state index contributed by atoms with van der Waals surface area (Å²) in [7, 11) is -4.02. The first-order valence-corrected chi connectivity index (χ1v) is 9.69. The van der Waals surface area contributed by atoms with Crippen molar-refractivity contribution in [1.29, 1.82) is 0 Å². The largest absolute Gasteiger partial charge is 0.342 e. The molecule has 2 aliphatic heterocycles. The van der Waals surface area contributed by atoms with Crippen molar-refractivity contribution >= 4 is 26.6 Å². The predicted octanol–water partition coefficient (Wildman–Crippen LogP) is 1.94. The molecule has 1 aromatic heterocycles. The molecule has 124 valence electrons. The topological polar surface area (TPSA) is 82.5 Å². The van der Waals surface area contributed by atoms with Crippen LogP contribution in [0.5, 0.6) is 0 Å². The Hall–Kier alpha value is -1.48. The molecular weight excluding hydrogens is 334 g/mol. The van der Waals surface area contributed by atoms with Crippen LogP contribution in [0.15, 0.2) is 40.7 Å². The van der Waals surface area contributed by atoms with Crippen LogP contribution in [0.2, 0.25) is 0 Å². The summed E-state index contributed by atoms with van der Waals surface area (Å²) in [5, 5.41) is 6.73. The maximum Gasteiger partial charge on any atom is 0.294 e. The average molecular weight is 353 g/mol. The summed E-state index contributed by atoms with van der Waals surface area (Å²) in [4.78, 5) is 6.70. The lowest BCUT2D eigenvalue weighted by Gasteiger charge is -2.26. The van der Waals surface area contributed by atoms with Crippen LogP contribution >= 0.6 is 11.3 Å².